The highest BCUT2D eigenvalue weighted by Gasteiger charge is 2.39. The summed E-state index contributed by atoms with van der Waals surface area (Å²) in [5, 5.41) is 3.21. The Bertz CT molecular complexity index is 451. The summed E-state index contributed by atoms with van der Waals surface area (Å²) in [6.45, 7) is 0. The van der Waals surface area contributed by atoms with Crippen molar-refractivity contribution >= 4 is 11.8 Å². The van der Waals surface area contributed by atoms with Crippen molar-refractivity contribution in [1.29, 1.82) is 0 Å². The lowest BCUT2D eigenvalue weighted by atomic mass is 9.84. The third-order valence-electron chi connectivity index (χ3n) is 3.36. The van der Waals surface area contributed by atoms with E-state index in [1.165, 1.54) is 0 Å². The highest BCUT2D eigenvalue weighted by molar-refractivity contribution is 5.73. The van der Waals surface area contributed by atoms with Gasteiger partial charge in [-0.05, 0) is 23.6 Å². The number of hydrogen-bond donors (Lipinski definition) is 1. The van der Waals surface area contributed by atoms with Crippen LogP contribution in [0.15, 0.2) is 29.8 Å². The van der Waals surface area contributed by atoms with Gasteiger partial charge in [0, 0.05) is 18.5 Å². The lowest BCUT2D eigenvalue weighted by Gasteiger charge is -2.35. The zero-order chi connectivity index (χ0) is 11.2. The molecule has 1 unspecified atom stereocenters. The molecule has 1 atom stereocenters. The maximum atomic E-state index is 13.3. The molecular weight excluding hydrogens is 208 g/mol. The first-order valence-electron chi connectivity index (χ1n) is 5.58. The summed E-state index contributed by atoms with van der Waals surface area (Å²) >= 11 is 0. The molecule has 1 fully saturated rings. The summed E-state index contributed by atoms with van der Waals surface area (Å²) in [6.07, 6.45) is 2.47. The number of nitrogens with one attached hydrogen (secondary N) is 1. The predicted molar refractivity (Wildman–Crippen MR) is 60.6 cm³/mol. The summed E-state index contributed by atoms with van der Waals surface area (Å²) in [6, 6.07) is 7.66. The van der Waals surface area contributed by atoms with Crippen LogP contribution in [0.1, 0.15) is 24.8 Å². The largest absolute Gasteiger partial charge is 0.378 e. The first kappa shape index (κ1) is 9.82. The van der Waals surface area contributed by atoms with Crippen LogP contribution in [0, 0.1) is 0 Å². The Labute approximate surface area is 93.2 Å². The van der Waals surface area contributed by atoms with Gasteiger partial charge in [0.1, 0.15) is 0 Å². The van der Waals surface area contributed by atoms with Crippen LogP contribution in [0.2, 0.25) is 0 Å². The fourth-order valence-electron chi connectivity index (χ4n) is 2.49. The molecule has 0 radical (unpaired) electrons. The van der Waals surface area contributed by atoms with Gasteiger partial charge in [-0.15, -0.1) is 0 Å². The SMILES string of the molecule is FC1(F)CCC2=Cc3ccccc3NC2C1. The fourth-order valence-corrected chi connectivity index (χ4v) is 2.49. The summed E-state index contributed by atoms with van der Waals surface area (Å²) in [5.41, 5.74) is 3.19. The molecule has 3 heteroatoms. The van der Waals surface area contributed by atoms with E-state index in [0.717, 1.165) is 16.8 Å². The van der Waals surface area contributed by atoms with Crippen LogP contribution < -0.4 is 5.32 Å². The van der Waals surface area contributed by atoms with E-state index in [1.54, 1.807) is 0 Å². The average Bonchev–Trinajstić information content (AvgIpc) is 2.25. The second-order valence-electron chi connectivity index (χ2n) is 4.56. The van der Waals surface area contributed by atoms with Gasteiger partial charge in [0.25, 0.3) is 5.92 Å². The molecule has 0 spiro atoms. The Hall–Kier alpha value is -1.38. The molecule has 1 N–H and O–H groups in total. The second kappa shape index (κ2) is 3.30. The molecule has 0 bridgehead atoms. The van der Waals surface area contributed by atoms with E-state index in [0.29, 0.717) is 6.42 Å². The average molecular weight is 221 g/mol. The van der Waals surface area contributed by atoms with Crippen LogP contribution in [0.5, 0.6) is 0 Å². The zero-order valence-electron chi connectivity index (χ0n) is 8.84. The van der Waals surface area contributed by atoms with Crippen LogP contribution in [-0.2, 0) is 0 Å². The monoisotopic (exact) mass is 221 g/mol. The van der Waals surface area contributed by atoms with E-state index in [4.69, 9.17) is 0 Å². The minimum atomic E-state index is -2.51. The molecule has 1 saturated carbocycles. The molecule has 1 nitrogen and oxygen atoms in total. The fraction of sp³-hybridized carbons (Fsp3) is 0.385. The van der Waals surface area contributed by atoms with Crippen molar-refractivity contribution < 1.29 is 8.78 Å². The maximum absolute atomic E-state index is 13.3. The topological polar surface area (TPSA) is 12.0 Å². The van der Waals surface area contributed by atoms with E-state index >= 15 is 0 Å². The molecule has 3 rings (SSSR count). The van der Waals surface area contributed by atoms with Gasteiger partial charge < -0.3 is 5.32 Å². The van der Waals surface area contributed by atoms with Crippen LogP contribution in [0.25, 0.3) is 6.08 Å². The molecule has 0 aromatic heterocycles. The van der Waals surface area contributed by atoms with E-state index in [9.17, 15) is 8.78 Å². The van der Waals surface area contributed by atoms with Gasteiger partial charge in [0.2, 0.25) is 0 Å². The van der Waals surface area contributed by atoms with Gasteiger partial charge in [-0.1, -0.05) is 24.3 Å². The summed E-state index contributed by atoms with van der Waals surface area (Å²) in [7, 11) is 0. The normalized spacial score (nSPS) is 26.1. The Balaban J connectivity index is 1.96. The third-order valence-corrected chi connectivity index (χ3v) is 3.36. The smallest absolute Gasteiger partial charge is 0.250 e. The number of anilines is 1. The van der Waals surface area contributed by atoms with Crippen LogP contribution in [0.3, 0.4) is 0 Å². The van der Waals surface area contributed by atoms with Gasteiger partial charge in [0.05, 0.1) is 6.04 Å². The second-order valence-corrected chi connectivity index (χ2v) is 4.56. The van der Waals surface area contributed by atoms with E-state index in [-0.39, 0.29) is 18.9 Å². The number of fused-ring (bicyclic) bond motifs is 2. The van der Waals surface area contributed by atoms with Crippen molar-refractivity contribution in [3.63, 3.8) is 0 Å². The molecule has 1 aromatic rings. The van der Waals surface area contributed by atoms with E-state index in [1.807, 2.05) is 24.3 Å². The third kappa shape index (κ3) is 1.60. The Morgan fingerprint density at radius 3 is 2.94 bits per heavy atom. The molecule has 1 aromatic carbocycles. The maximum Gasteiger partial charge on any atom is 0.250 e. The highest BCUT2D eigenvalue weighted by Crippen LogP contribution is 2.41. The molecule has 2 aliphatic rings. The van der Waals surface area contributed by atoms with Crippen molar-refractivity contribution in [2.45, 2.75) is 31.2 Å². The Morgan fingerprint density at radius 2 is 2.06 bits per heavy atom. The molecule has 0 saturated heterocycles. The molecule has 1 heterocycles. The highest BCUT2D eigenvalue weighted by atomic mass is 19.3. The number of benzene rings is 1. The summed E-state index contributed by atoms with van der Waals surface area (Å²) in [4.78, 5) is 0. The van der Waals surface area contributed by atoms with Crippen LogP contribution >= 0.6 is 0 Å². The van der Waals surface area contributed by atoms with Crippen LogP contribution in [-0.4, -0.2) is 12.0 Å². The minimum Gasteiger partial charge on any atom is -0.378 e. The molecule has 1 aliphatic heterocycles. The molecule has 0 amide bonds. The number of rotatable bonds is 0. The predicted octanol–water partition coefficient (Wildman–Crippen LogP) is 3.68. The standard InChI is InChI=1S/C13H13F2N/c14-13(15)6-5-10-7-9-3-1-2-4-11(9)16-12(10)8-13/h1-4,7,12,16H,5-6,8H2. The molecule has 16 heavy (non-hydrogen) atoms. The first-order chi connectivity index (χ1) is 7.64. The van der Waals surface area contributed by atoms with Crippen molar-refractivity contribution in [3.8, 4) is 0 Å². The van der Waals surface area contributed by atoms with Crippen LogP contribution in [0.4, 0.5) is 14.5 Å². The van der Waals surface area contributed by atoms with Crippen molar-refractivity contribution in [2.24, 2.45) is 0 Å². The summed E-state index contributed by atoms with van der Waals surface area (Å²) in [5.74, 6) is -2.51. The molecule has 1 aliphatic carbocycles. The van der Waals surface area contributed by atoms with Crippen molar-refractivity contribution in [1.82, 2.24) is 0 Å². The zero-order valence-corrected chi connectivity index (χ0v) is 8.84. The minimum absolute atomic E-state index is 0.0147. The Kier molecular flexibility index (Phi) is 2.03. The van der Waals surface area contributed by atoms with Gasteiger partial charge >= 0.3 is 0 Å². The van der Waals surface area contributed by atoms with E-state index in [2.05, 4.69) is 11.4 Å². The van der Waals surface area contributed by atoms with Gasteiger partial charge in [-0.3, -0.25) is 0 Å². The number of alkyl halides is 2. The molecular formula is C13H13F2N. The lowest BCUT2D eigenvalue weighted by Crippen LogP contribution is -2.37. The number of halogens is 2. The molecule has 84 valence electrons. The lowest BCUT2D eigenvalue weighted by molar-refractivity contribution is -0.0273. The number of para-hydroxylation sites is 1. The Morgan fingerprint density at radius 1 is 1.25 bits per heavy atom. The quantitative estimate of drug-likeness (QED) is 0.704. The van der Waals surface area contributed by atoms with E-state index < -0.39 is 5.92 Å². The van der Waals surface area contributed by atoms with Gasteiger partial charge in [-0.2, -0.15) is 0 Å². The van der Waals surface area contributed by atoms with Gasteiger partial charge in [-0.25, -0.2) is 8.78 Å². The number of hydrogen-bond acceptors (Lipinski definition) is 1. The van der Waals surface area contributed by atoms with Crippen molar-refractivity contribution in [3.05, 3.63) is 35.4 Å². The summed E-state index contributed by atoms with van der Waals surface area (Å²) < 4.78 is 26.6. The first-order valence-corrected chi connectivity index (χ1v) is 5.58. The van der Waals surface area contributed by atoms with Gasteiger partial charge in [0.15, 0.2) is 0 Å². The van der Waals surface area contributed by atoms with Crippen molar-refractivity contribution in [2.75, 3.05) is 5.32 Å².